The first-order valence-electron chi connectivity index (χ1n) is 5.85. The zero-order valence-corrected chi connectivity index (χ0v) is 11.6. The van der Waals surface area contributed by atoms with Crippen molar-refractivity contribution in [3.63, 3.8) is 0 Å². The van der Waals surface area contributed by atoms with E-state index in [9.17, 15) is 4.79 Å². The molecule has 0 atom stereocenters. The van der Waals surface area contributed by atoms with Gasteiger partial charge in [0.15, 0.2) is 6.29 Å². The van der Waals surface area contributed by atoms with Crippen molar-refractivity contribution in [2.45, 2.75) is 13.2 Å². The second kappa shape index (κ2) is 7.60. The summed E-state index contributed by atoms with van der Waals surface area (Å²) in [5.41, 5.74) is 1.45. The van der Waals surface area contributed by atoms with E-state index >= 15 is 0 Å². The molecule has 0 saturated heterocycles. The molecule has 19 heavy (non-hydrogen) atoms. The molecule has 0 aromatic heterocycles. The Labute approximate surface area is 113 Å². The topological polar surface area (TPSA) is 68.8 Å². The van der Waals surface area contributed by atoms with E-state index in [-0.39, 0.29) is 12.2 Å². The summed E-state index contributed by atoms with van der Waals surface area (Å²) in [6.07, 6.45) is -0.353. The van der Waals surface area contributed by atoms with Gasteiger partial charge in [0.1, 0.15) is 5.75 Å². The minimum atomic E-state index is -0.353. The maximum atomic E-state index is 11.0. The second-order valence-corrected chi connectivity index (χ2v) is 3.88. The molecule has 0 spiro atoms. The summed E-state index contributed by atoms with van der Waals surface area (Å²) in [6, 6.07) is 5.35. The summed E-state index contributed by atoms with van der Waals surface area (Å²) < 4.78 is 15.4. The number of anilines is 2. The van der Waals surface area contributed by atoms with E-state index in [0.29, 0.717) is 18.0 Å². The lowest BCUT2D eigenvalue weighted by atomic mass is 10.2. The summed E-state index contributed by atoms with van der Waals surface area (Å²) in [5.74, 6) is 0.558. The van der Waals surface area contributed by atoms with Gasteiger partial charge in [0.25, 0.3) is 0 Å². The zero-order chi connectivity index (χ0) is 14.3. The highest BCUT2D eigenvalue weighted by molar-refractivity contribution is 5.89. The molecule has 6 nitrogen and oxygen atoms in total. The lowest BCUT2D eigenvalue weighted by Gasteiger charge is -2.17. The fourth-order valence-corrected chi connectivity index (χ4v) is 1.58. The van der Waals surface area contributed by atoms with Crippen molar-refractivity contribution in [2.75, 3.05) is 38.5 Å². The molecule has 1 aromatic rings. The molecule has 0 bridgehead atoms. The molecule has 2 N–H and O–H groups in total. The Hall–Kier alpha value is -1.79. The number of methoxy groups -OCH3 is 3. The van der Waals surface area contributed by atoms with Gasteiger partial charge in [-0.2, -0.15) is 0 Å². The van der Waals surface area contributed by atoms with Crippen LogP contribution in [0, 0.1) is 0 Å². The monoisotopic (exact) mass is 268 g/mol. The number of amides is 1. The van der Waals surface area contributed by atoms with Gasteiger partial charge in [0.2, 0.25) is 5.91 Å². The first-order chi connectivity index (χ1) is 9.10. The van der Waals surface area contributed by atoms with E-state index in [4.69, 9.17) is 14.2 Å². The van der Waals surface area contributed by atoms with Crippen molar-refractivity contribution >= 4 is 17.3 Å². The molecule has 0 unspecified atom stereocenters. The molecule has 106 valence electrons. The molecule has 0 aliphatic heterocycles. The minimum Gasteiger partial charge on any atom is -0.495 e. The van der Waals surface area contributed by atoms with Crippen LogP contribution in [0.5, 0.6) is 5.75 Å². The molecule has 0 aliphatic rings. The van der Waals surface area contributed by atoms with Crippen LogP contribution in [0.1, 0.15) is 6.92 Å². The first kappa shape index (κ1) is 15.3. The Bertz CT molecular complexity index is 419. The van der Waals surface area contributed by atoms with Crippen molar-refractivity contribution in [2.24, 2.45) is 0 Å². The quantitative estimate of drug-likeness (QED) is 0.736. The Balaban J connectivity index is 2.80. The van der Waals surface area contributed by atoms with Crippen LogP contribution in [-0.2, 0) is 14.3 Å². The first-order valence-corrected chi connectivity index (χ1v) is 5.85. The number of carbonyl (C=O) groups is 1. The number of carbonyl (C=O) groups excluding carboxylic acids is 1. The van der Waals surface area contributed by atoms with Gasteiger partial charge < -0.3 is 24.8 Å². The van der Waals surface area contributed by atoms with Gasteiger partial charge in [0, 0.05) is 26.8 Å². The largest absolute Gasteiger partial charge is 0.495 e. The highest BCUT2D eigenvalue weighted by Crippen LogP contribution is 2.27. The van der Waals surface area contributed by atoms with Gasteiger partial charge >= 0.3 is 0 Å². The smallest absolute Gasteiger partial charge is 0.221 e. The van der Waals surface area contributed by atoms with Crippen LogP contribution in [0.2, 0.25) is 0 Å². The van der Waals surface area contributed by atoms with E-state index in [1.807, 2.05) is 0 Å². The highest BCUT2D eigenvalue weighted by Gasteiger charge is 2.09. The Morgan fingerprint density at radius 3 is 2.47 bits per heavy atom. The van der Waals surface area contributed by atoms with Crippen molar-refractivity contribution < 1.29 is 19.0 Å². The third kappa shape index (κ3) is 4.76. The Morgan fingerprint density at radius 1 is 1.26 bits per heavy atom. The maximum Gasteiger partial charge on any atom is 0.221 e. The standard InChI is InChI=1S/C13H20N2O4/c1-9(16)15-10-5-6-12(17-2)11(7-10)14-8-13(18-3)19-4/h5-7,13-14H,8H2,1-4H3,(H,15,16). The van der Waals surface area contributed by atoms with Crippen molar-refractivity contribution in [1.82, 2.24) is 0 Å². The normalized spacial score (nSPS) is 10.4. The van der Waals surface area contributed by atoms with Gasteiger partial charge in [0.05, 0.1) is 19.3 Å². The maximum absolute atomic E-state index is 11.0. The van der Waals surface area contributed by atoms with Gasteiger partial charge in [-0.15, -0.1) is 0 Å². The predicted molar refractivity (Wildman–Crippen MR) is 73.6 cm³/mol. The summed E-state index contributed by atoms with van der Waals surface area (Å²) in [5, 5.41) is 5.87. The average molecular weight is 268 g/mol. The van der Waals surface area contributed by atoms with Crippen molar-refractivity contribution in [3.8, 4) is 5.75 Å². The zero-order valence-electron chi connectivity index (χ0n) is 11.6. The fourth-order valence-electron chi connectivity index (χ4n) is 1.58. The SMILES string of the molecule is COc1ccc(NC(C)=O)cc1NCC(OC)OC. The van der Waals surface area contributed by atoms with E-state index in [2.05, 4.69) is 10.6 Å². The number of hydrogen-bond donors (Lipinski definition) is 2. The third-order valence-electron chi connectivity index (χ3n) is 2.50. The highest BCUT2D eigenvalue weighted by atomic mass is 16.7. The van der Waals surface area contributed by atoms with Crippen LogP contribution in [0.4, 0.5) is 11.4 Å². The van der Waals surface area contributed by atoms with Crippen LogP contribution < -0.4 is 15.4 Å². The van der Waals surface area contributed by atoms with Gasteiger partial charge in [-0.25, -0.2) is 0 Å². The number of ether oxygens (including phenoxy) is 3. The number of nitrogens with one attached hydrogen (secondary N) is 2. The molecule has 0 saturated carbocycles. The van der Waals surface area contributed by atoms with E-state index in [1.165, 1.54) is 6.92 Å². The second-order valence-electron chi connectivity index (χ2n) is 3.88. The molecule has 0 heterocycles. The van der Waals surface area contributed by atoms with Gasteiger partial charge in [-0.3, -0.25) is 4.79 Å². The fraction of sp³-hybridized carbons (Fsp3) is 0.462. The molecular formula is C13H20N2O4. The molecule has 0 radical (unpaired) electrons. The van der Waals surface area contributed by atoms with Crippen LogP contribution in [-0.4, -0.2) is 40.1 Å². The lowest BCUT2D eigenvalue weighted by Crippen LogP contribution is -2.23. The molecule has 6 heteroatoms. The van der Waals surface area contributed by atoms with Crippen molar-refractivity contribution in [1.29, 1.82) is 0 Å². The van der Waals surface area contributed by atoms with Gasteiger partial charge in [-0.05, 0) is 18.2 Å². The van der Waals surface area contributed by atoms with Gasteiger partial charge in [-0.1, -0.05) is 0 Å². The lowest BCUT2D eigenvalue weighted by molar-refractivity contribution is -0.114. The van der Waals surface area contributed by atoms with Crippen LogP contribution in [0.15, 0.2) is 18.2 Å². The number of hydrogen-bond acceptors (Lipinski definition) is 5. The Morgan fingerprint density at radius 2 is 1.95 bits per heavy atom. The summed E-state index contributed by atoms with van der Waals surface area (Å²) in [4.78, 5) is 11.0. The van der Waals surface area contributed by atoms with Crippen LogP contribution in [0.25, 0.3) is 0 Å². The molecule has 1 aromatic carbocycles. The van der Waals surface area contributed by atoms with Crippen LogP contribution in [0.3, 0.4) is 0 Å². The number of benzene rings is 1. The Kier molecular flexibility index (Phi) is 6.11. The minimum absolute atomic E-state index is 0.122. The number of rotatable bonds is 7. The average Bonchev–Trinajstić information content (AvgIpc) is 2.39. The summed E-state index contributed by atoms with van der Waals surface area (Å²) >= 11 is 0. The van der Waals surface area contributed by atoms with Crippen molar-refractivity contribution in [3.05, 3.63) is 18.2 Å². The molecule has 1 rings (SSSR count). The van der Waals surface area contributed by atoms with E-state index in [1.54, 1.807) is 39.5 Å². The molecule has 0 aliphatic carbocycles. The third-order valence-corrected chi connectivity index (χ3v) is 2.50. The van der Waals surface area contributed by atoms with Crippen LogP contribution >= 0.6 is 0 Å². The molecule has 0 fully saturated rings. The summed E-state index contributed by atoms with van der Waals surface area (Å²) in [6.45, 7) is 1.93. The molecular weight excluding hydrogens is 248 g/mol. The van der Waals surface area contributed by atoms with E-state index < -0.39 is 0 Å². The molecule has 1 amide bonds. The summed E-state index contributed by atoms with van der Waals surface area (Å²) in [7, 11) is 4.73. The predicted octanol–water partition coefficient (Wildman–Crippen LogP) is 1.68. The van der Waals surface area contributed by atoms with E-state index in [0.717, 1.165) is 5.69 Å².